The number of fused-ring (bicyclic) bond motifs is 3. The van der Waals surface area contributed by atoms with Gasteiger partial charge in [0.1, 0.15) is 6.33 Å². The van der Waals surface area contributed by atoms with Crippen LogP contribution in [0.25, 0.3) is 5.69 Å². The van der Waals surface area contributed by atoms with Gasteiger partial charge in [-0.25, -0.2) is 19.2 Å². The van der Waals surface area contributed by atoms with E-state index in [0.29, 0.717) is 42.4 Å². The zero-order chi connectivity index (χ0) is 24.4. The Bertz CT molecular complexity index is 1350. The van der Waals surface area contributed by atoms with Crippen molar-refractivity contribution >= 4 is 29.5 Å². The Kier molecular flexibility index (Phi) is 4.83. The summed E-state index contributed by atoms with van der Waals surface area (Å²) in [7, 11) is 0. The molecule has 0 aliphatic carbocycles. The molecule has 36 heavy (non-hydrogen) atoms. The molecule has 6 heterocycles. The lowest BCUT2D eigenvalue weighted by molar-refractivity contribution is -0.105. The number of ether oxygens (including phenoxy) is 2. The van der Waals surface area contributed by atoms with Crippen molar-refractivity contribution in [1.29, 1.82) is 0 Å². The van der Waals surface area contributed by atoms with Crippen LogP contribution >= 0.6 is 11.6 Å². The number of amides is 1. The second-order valence-corrected chi connectivity index (χ2v) is 10.3. The summed E-state index contributed by atoms with van der Waals surface area (Å²) < 4.78 is 26.7. The number of rotatable bonds is 3. The Hall–Kier alpha value is -3.51. The Labute approximate surface area is 210 Å². The Morgan fingerprint density at radius 2 is 1.94 bits per heavy atom. The molecule has 1 aromatic carbocycles. The van der Waals surface area contributed by atoms with Gasteiger partial charge in [-0.15, -0.1) is 10.2 Å². The Balaban J connectivity index is 1.13. The van der Waals surface area contributed by atoms with Crippen LogP contribution in [0.5, 0.6) is 0 Å². The van der Waals surface area contributed by atoms with Gasteiger partial charge in [-0.3, -0.25) is 9.47 Å². The third-order valence-electron chi connectivity index (χ3n) is 7.16. The summed E-state index contributed by atoms with van der Waals surface area (Å²) in [4.78, 5) is 26.4. The number of hydrogen-bond donors (Lipinski definition) is 0. The van der Waals surface area contributed by atoms with Gasteiger partial charge in [0.25, 0.3) is 0 Å². The Morgan fingerprint density at radius 1 is 1.14 bits per heavy atom. The standard InChI is InChI=1S/C23H22ClFN8O3/c24-15-1-2-18-14(3-15)5-30(22(34)36-16-7-35-8-16)6-19-28-29-21(33(18)19)32-11-23(12-32)9-31(10-23)20-17(25)4-26-13-27-20/h1-4,13,16H,5-12H2. The molecule has 3 saturated heterocycles. The topological polar surface area (TPSA) is 102 Å². The maximum Gasteiger partial charge on any atom is 0.410 e. The highest BCUT2D eigenvalue weighted by Gasteiger charge is 2.54. The maximum atomic E-state index is 14.1. The van der Waals surface area contributed by atoms with E-state index in [1.165, 1.54) is 12.5 Å². The van der Waals surface area contributed by atoms with Gasteiger partial charge < -0.3 is 19.3 Å². The lowest BCUT2D eigenvalue weighted by Crippen LogP contribution is -2.73. The first-order valence-electron chi connectivity index (χ1n) is 11.7. The number of halogens is 2. The fourth-order valence-corrected chi connectivity index (χ4v) is 5.57. The van der Waals surface area contributed by atoms with Crippen molar-refractivity contribution in [3.05, 3.63) is 53.0 Å². The van der Waals surface area contributed by atoms with Gasteiger partial charge in [0.05, 0.1) is 38.2 Å². The summed E-state index contributed by atoms with van der Waals surface area (Å²) in [6, 6.07) is 5.62. The quantitative estimate of drug-likeness (QED) is 0.521. The van der Waals surface area contributed by atoms with Crippen LogP contribution in [0.3, 0.4) is 0 Å². The molecule has 1 amide bonds. The summed E-state index contributed by atoms with van der Waals surface area (Å²) in [6.07, 6.45) is 1.92. The lowest BCUT2D eigenvalue weighted by Gasteiger charge is -2.60. The molecule has 4 aliphatic heterocycles. The van der Waals surface area contributed by atoms with E-state index in [4.69, 9.17) is 21.1 Å². The summed E-state index contributed by atoms with van der Waals surface area (Å²) in [6.45, 7) is 4.40. The van der Waals surface area contributed by atoms with Crippen LogP contribution in [0.2, 0.25) is 5.02 Å². The monoisotopic (exact) mass is 512 g/mol. The average Bonchev–Trinajstić information content (AvgIpc) is 3.10. The maximum absolute atomic E-state index is 14.1. The van der Waals surface area contributed by atoms with Gasteiger partial charge in [0.2, 0.25) is 5.95 Å². The highest BCUT2D eigenvalue weighted by molar-refractivity contribution is 6.30. The summed E-state index contributed by atoms with van der Waals surface area (Å²) in [5.74, 6) is 1.30. The summed E-state index contributed by atoms with van der Waals surface area (Å²) >= 11 is 6.31. The molecule has 11 nitrogen and oxygen atoms in total. The molecule has 3 fully saturated rings. The van der Waals surface area contributed by atoms with Crippen LogP contribution in [-0.4, -0.2) is 81.2 Å². The van der Waals surface area contributed by atoms with Crippen molar-refractivity contribution in [2.45, 2.75) is 19.2 Å². The second-order valence-electron chi connectivity index (χ2n) is 9.83. The third kappa shape index (κ3) is 3.46. The highest BCUT2D eigenvalue weighted by Crippen LogP contribution is 2.44. The highest BCUT2D eigenvalue weighted by atomic mass is 35.5. The van der Waals surface area contributed by atoms with E-state index in [1.807, 2.05) is 27.7 Å². The summed E-state index contributed by atoms with van der Waals surface area (Å²) in [5, 5.41) is 9.52. The molecule has 0 atom stereocenters. The van der Waals surface area contributed by atoms with Crippen LogP contribution in [0.15, 0.2) is 30.7 Å². The normalized spacial score (nSPS) is 20.1. The molecule has 0 bridgehead atoms. The first kappa shape index (κ1) is 21.7. The lowest BCUT2D eigenvalue weighted by atomic mass is 9.73. The molecule has 4 aliphatic rings. The smallest absolute Gasteiger partial charge is 0.410 e. The van der Waals surface area contributed by atoms with Crippen molar-refractivity contribution in [2.24, 2.45) is 5.41 Å². The number of nitrogens with zero attached hydrogens (tertiary/aromatic N) is 8. The van der Waals surface area contributed by atoms with Crippen molar-refractivity contribution < 1.29 is 18.7 Å². The van der Waals surface area contributed by atoms with Crippen molar-refractivity contribution in [3.8, 4) is 5.69 Å². The van der Waals surface area contributed by atoms with Crippen LogP contribution in [0.4, 0.5) is 21.0 Å². The van der Waals surface area contributed by atoms with E-state index in [1.54, 1.807) is 4.90 Å². The van der Waals surface area contributed by atoms with Gasteiger partial charge in [0, 0.05) is 36.6 Å². The number of anilines is 2. The van der Waals surface area contributed by atoms with Gasteiger partial charge in [0.15, 0.2) is 23.6 Å². The molecule has 7 rings (SSSR count). The molecule has 0 unspecified atom stereocenters. The third-order valence-corrected chi connectivity index (χ3v) is 7.39. The number of carbonyl (C=O) groups is 1. The number of hydrogen-bond acceptors (Lipinski definition) is 9. The average molecular weight is 513 g/mol. The Morgan fingerprint density at radius 3 is 2.69 bits per heavy atom. The van der Waals surface area contributed by atoms with Crippen molar-refractivity contribution in [1.82, 2.24) is 29.6 Å². The summed E-state index contributed by atoms with van der Waals surface area (Å²) in [5.41, 5.74) is 1.82. The molecule has 1 spiro atoms. The molecular weight excluding hydrogens is 491 g/mol. The number of aromatic nitrogens is 5. The number of benzene rings is 1. The predicted octanol–water partition coefficient (Wildman–Crippen LogP) is 2.03. The van der Waals surface area contributed by atoms with E-state index >= 15 is 0 Å². The van der Waals surface area contributed by atoms with Crippen LogP contribution in [0.1, 0.15) is 11.4 Å². The van der Waals surface area contributed by atoms with Gasteiger partial charge >= 0.3 is 6.09 Å². The van der Waals surface area contributed by atoms with E-state index in [0.717, 1.165) is 37.4 Å². The van der Waals surface area contributed by atoms with Crippen LogP contribution < -0.4 is 9.80 Å². The van der Waals surface area contributed by atoms with Gasteiger partial charge in [-0.2, -0.15) is 0 Å². The fourth-order valence-electron chi connectivity index (χ4n) is 5.38. The molecular formula is C23H22ClFN8O3. The van der Waals surface area contributed by atoms with E-state index in [9.17, 15) is 9.18 Å². The molecule has 0 radical (unpaired) electrons. The minimum absolute atomic E-state index is 0.0536. The first-order chi connectivity index (χ1) is 17.5. The van der Waals surface area contributed by atoms with Crippen molar-refractivity contribution in [2.75, 3.05) is 49.2 Å². The second kappa shape index (κ2) is 8.00. The molecule has 186 valence electrons. The van der Waals surface area contributed by atoms with Gasteiger partial charge in [-0.1, -0.05) is 11.6 Å². The molecule has 0 N–H and O–H groups in total. The largest absolute Gasteiger partial charge is 0.441 e. The van der Waals surface area contributed by atoms with Gasteiger partial charge in [-0.05, 0) is 23.8 Å². The zero-order valence-electron chi connectivity index (χ0n) is 19.2. The van der Waals surface area contributed by atoms with E-state index in [-0.39, 0.29) is 18.1 Å². The fraction of sp³-hybridized carbons (Fsp3) is 0.435. The van der Waals surface area contributed by atoms with E-state index < -0.39 is 11.9 Å². The molecule has 0 saturated carbocycles. The SMILES string of the molecule is O=C(OC1COC1)N1Cc2cc(Cl)ccc2-n2c(nnc2N2CC3(CN(c4ncncc4F)C3)C2)C1. The van der Waals surface area contributed by atoms with Crippen molar-refractivity contribution in [3.63, 3.8) is 0 Å². The number of carbonyl (C=O) groups excluding carboxylic acids is 1. The van der Waals surface area contributed by atoms with Crippen LogP contribution in [0, 0.1) is 11.2 Å². The van der Waals surface area contributed by atoms with Crippen LogP contribution in [-0.2, 0) is 22.6 Å². The minimum Gasteiger partial charge on any atom is -0.441 e. The minimum atomic E-state index is -0.415. The first-order valence-corrected chi connectivity index (χ1v) is 12.1. The molecule has 3 aromatic rings. The molecule has 13 heteroatoms. The predicted molar refractivity (Wildman–Crippen MR) is 126 cm³/mol. The zero-order valence-corrected chi connectivity index (χ0v) is 19.9. The molecule has 2 aromatic heterocycles. The van der Waals surface area contributed by atoms with E-state index in [2.05, 4.69) is 25.1 Å².